The third-order valence-corrected chi connectivity index (χ3v) is 2.02. The van der Waals surface area contributed by atoms with E-state index in [4.69, 9.17) is 0 Å². The highest BCUT2D eigenvalue weighted by molar-refractivity contribution is 5.68. The van der Waals surface area contributed by atoms with E-state index in [-0.39, 0.29) is 5.97 Å². The highest BCUT2D eigenvalue weighted by Gasteiger charge is 2.00. The summed E-state index contributed by atoms with van der Waals surface area (Å²) in [6.07, 6.45) is 0.480. The molecule has 0 aromatic heterocycles. The maximum absolute atomic E-state index is 10.2. The lowest BCUT2D eigenvalue weighted by atomic mass is 10.2. The predicted molar refractivity (Wildman–Crippen MR) is 60.7 cm³/mol. The molecule has 1 aromatic carbocycles. The summed E-state index contributed by atoms with van der Waals surface area (Å²) in [4.78, 5) is 10.2. The Hall–Kier alpha value is -1.51. The van der Waals surface area contributed by atoms with Crippen LogP contribution in [0.5, 0.6) is 0 Å². The number of fused-ring (bicyclic) bond motifs is 2. The summed E-state index contributed by atoms with van der Waals surface area (Å²) in [6, 6.07) is 8.45. The Bertz CT molecular complexity index is 304. The summed E-state index contributed by atoms with van der Waals surface area (Å²) in [6.45, 7) is 5.08. The van der Waals surface area contributed by atoms with Gasteiger partial charge in [-0.2, -0.15) is 0 Å². The smallest absolute Gasteiger partial charge is 0.305 e. The lowest BCUT2D eigenvalue weighted by Gasteiger charge is -1.93. The van der Waals surface area contributed by atoms with E-state index in [1.807, 2.05) is 0 Å². The van der Waals surface area contributed by atoms with Crippen LogP contribution in [0.1, 0.15) is 25.8 Å². The molecule has 0 saturated heterocycles. The van der Waals surface area contributed by atoms with Crippen molar-refractivity contribution in [2.45, 2.75) is 26.8 Å². The fourth-order valence-electron chi connectivity index (χ4n) is 1.26. The van der Waals surface area contributed by atoms with Crippen molar-refractivity contribution in [3.63, 3.8) is 0 Å². The zero-order valence-electron chi connectivity index (χ0n) is 9.25. The SMILES string of the molecule is CCOC(=O)CC.c1cc2cc(c1)NC2. The van der Waals surface area contributed by atoms with Crippen LogP contribution in [0.15, 0.2) is 24.3 Å². The minimum absolute atomic E-state index is 0.123. The summed E-state index contributed by atoms with van der Waals surface area (Å²) in [5, 5.41) is 3.22. The molecule has 0 atom stereocenters. The number of carbonyl (C=O) groups excluding carboxylic acids is 1. The normalized spacial score (nSPS) is 11.1. The Balaban J connectivity index is 0.000000153. The van der Waals surface area contributed by atoms with Crippen LogP contribution in [0.25, 0.3) is 0 Å². The van der Waals surface area contributed by atoms with E-state index in [2.05, 4.69) is 34.3 Å². The van der Waals surface area contributed by atoms with Gasteiger partial charge in [0, 0.05) is 18.7 Å². The molecule has 3 nitrogen and oxygen atoms in total. The topological polar surface area (TPSA) is 38.3 Å². The molecule has 1 N–H and O–H groups in total. The molecule has 82 valence electrons. The van der Waals surface area contributed by atoms with Crippen molar-refractivity contribution in [2.24, 2.45) is 0 Å². The first-order valence-corrected chi connectivity index (χ1v) is 5.24. The second-order valence-corrected chi connectivity index (χ2v) is 3.21. The minimum atomic E-state index is -0.123. The fourth-order valence-corrected chi connectivity index (χ4v) is 1.26. The minimum Gasteiger partial charge on any atom is -0.466 e. The van der Waals surface area contributed by atoms with Gasteiger partial charge in [-0.1, -0.05) is 19.1 Å². The quantitative estimate of drug-likeness (QED) is 0.757. The molecular weight excluding hydrogens is 190 g/mol. The molecule has 1 aliphatic rings. The molecule has 1 aromatic rings. The van der Waals surface area contributed by atoms with E-state index in [1.165, 1.54) is 11.3 Å². The summed E-state index contributed by atoms with van der Waals surface area (Å²) in [5.74, 6) is -0.123. The Labute approximate surface area is 90.4 Å². The lowest BCUT2D eigenvalue weighted by molar-refractivity contribution is -0.142. The van der Waals surface area contributed by atoms with Crippen molar-refractivity contribution >= 4 is 11.7 Å². The number of anilines is 1. The number of hydrogen-bond donors (Lipinski definition) is 1. The van der Waals surface area contributed by atoms with Crippen molar-refractivity contribution in [2.75, 3.05) is 11.9 Å². The Morgan fingerprint density at radius 2 is 2.27 bits per heavy atom. The van der Waals surface area contributed by atoms with Gasteiger partial charge >= 0.3 is 5.97 Å². The maximum Gasteiger partial charge on any atom is 0.305 e. The molecule has 2 bridgehead atoms. The second kappa shape index (κ2) is 6.06. The van der Waals surface area contributed by atoms with E-state index in [0.717, 1.165) is 6.54 Å². The van der Waals surface area contributed by atoms with Crippen LogP contribution < -0.4 is 5.32 Å². The highest BCUT2D eigenvalue weighted by atomic mass is 16.5. The first kappa shape index (κ1) is 11.6. The zero-order valence-corrected chi connectivity index (χ0v) is 9.25. The summed E-state index contributed by atoms with van der Waals surface area (Å²) in [7, 11) is 0. The zero-order chi connectivity index (χ0) is 11.1. The molecule has 2 rings (SSSR count). The third kappa shape index (κ3) is 4.02. The molecule has 3 heteroatoms. The summed E-state index contributed by atoms with van der Waals surface area (Å²) < 4.78 is 4.55. The van der Waals surface area contributed by atoms with Gasteiger partial charge in [-0.25, -0.2) is 0 Å². The van der Waals surface area contributed by atoms with Gasteiger partial charge in [0.2, 0.25) is 0 Å². The molecule has 0 saturated carbocycles. The molecule has 1 aliphatic heterocycles. The number of benzene rings is 1. The van der Waals surface area contributed by atoms with Crippen LogP contribution >= 0.6 is 0 Å². The van der Waals surface area contributed by atoms with Gasteiger partial charge < -0.3 is 10.1 Å². The van der Waals surface area contributed by atoms with Crippen molar-refractivity contribution < 1.29 is 9.53 Å². The third-order valence-electron chi connectivity index (χ3n) is 2.02. The number of ether oxygens (including phenoxy) is 1. The predicted octanol–water partition coefficient (Wildman–Crippen LogP) is 2.57. The van der Waals surface area contributed by atoms with E-state index in [9.17, 15) is 4.79 Å². The second-order valence-electron chi connectivity index (χ2n) is 3.21. The molecule has 0 aliphatic carbocycles. The van der Waals surface area contributed by atoms with Crippen LogP contribution in [-0.4, -0.2) is 12.6 Å². The highest BCUT2D eigenvalue weighted by Crippen LogP contribution is 2.17. The van der Waals surface area contributed by atoms with Gasteiger partial charge in [0.25, 0.3) is 0 Å². The molecule has 0 fully saturated rings. The van der Waals surface area contributed by atoms with E-state index >= 15 is 0 Å². The maximum atomic E-state index is 10.2. The van der Waals surface area contributed by atoms with E-state index in [0.29, 0.717) is 13.0 Å². The average molecular weight is 207 g/mol. The molecule has 0 spiro atoms. The molecule has 15 heavy (non-hydrogen) atoms. The number of carbonyl (C=O) groups is 1. The largest absolute Gasteiger partial charge is 0.466 e. The molecule has 0 unspecified atom stereocenters. The van der Waals surface area contributed by atoms with Crippen molar-refractivity contribution in [1.29, 1.82) is 0 Å². The number of nitrogens with one attached hydrogen (secondary N) is 1. The molecular formula is C12H17NO2. The monoisotopic (exact) mass is 207 g/mol. The van der Waals surface area contributed by atoms with Crippen LogP contribution in [0.4, 0.5) is 5.69 Å². The van der Waals surface area contributed by atoms with E-state index < -0.39 is 0 Å². The lowest BCUT2D eigenvalue weighted by Crippen LogP contribution is -2.00. The summed E-state index contributed by atoms with van der Waals surface area (Å²) >= 11 is 0. The first-order valence-electron chi connectivity index (χ1n) is 5.24. The first-order chi connectivity index (χ1) is 7.26. The van der Waals surface area contributed by atoms with Gasteiger partial charge in [-0.15, -0.1) is 0 Å². The van der Waals surface area contributed by atoms with Gasteiger partial charge in [0.15, 0.2) is 0 Å². The molecule has 1 heterocycles. The van der Waals surface area contributed by atoms with Gasteiger partial charge in [0.05, 0.1) is 6.61 Å². The number of rotatable bonds is 2. The van der Waals surface area contributed by atoms with Crippen molar-refractivity contribution in [3.8, 4) is 0 Å². The summed E-state index contributed by atoms with van der Waals surface area (Å²) in [5.41, 5.74) is 2.64. The average Bonchev–Trinajstić information content (AvgIpc) is 2.59. The van der Waals surface area contributed by atoms with Gasteiger partial charge in [0.1, 0.15) is 0 Å². The fraction of sp³-hybridized carbons (Fsp3) is 0.417. The van der Waals surface area contributed by atoms with Crippen LogP contribution in [0.3, 0.4) is 0 Å². The van der Waals surface area contributed by atoms with Gasteiger partial charge in [-0.3, -0.25) is 4.79 Å². The van der Waals surface area contributed by atoms with Gasteiger partial charge in [-0.05, 0) is 24.6 Å². The van der Waals surface area contributed by atoms with Crippen LogP contribution in [0, 0.1) is 0 Å². The molecule has 0 amide bonds. The molecule has 0 radical (unpaired) electrons. The van der Waals surface area contributed by atoms with E-state index in [1.54, 1.807) is 13.8 Å². The van der Waals surface area contributed by atoms with Crippen LogP contribution in [-0.2, 0) is 16.1 Å². The standard InChI is InChI=1S/C7H7N.C5H10O2/c1-2-6-4-7(3-1)8-5-6;1-3-5(6)7-4-2/h1-4,8H,5H2;3-4H2,1-2H3. The van der Waals surface area contributed by atoms with Crippen molar-refractivity contribution in [1.82, 2.24) is 0 Å². The Morgan fingerprint density at radius 1 is 1.47 bits per heavy atom. The van der Waals surface area contributed by atoms with Crippen LogP contribution in [0.2, 0.25) is 0 Å². The van der Waals surface area contributed by atoms with Crippen molar-refractivity contribution in [3.05, 3.63) is 29.8 Å². The number of hydrogen-bond acceptors (Lipinski definition) is 3. The number of esters is 1. The Morgan fingerprint density at radius 3 is 2.73 bits per heavy atom. The Kier molecular flexibility index (Phi) is 4.68.